The second kappa shape index (κ2) is 6.84. The van der Waals surface area contributed by atoms with Crippen LogP contribution in [0, 0.1) is 23.1 Å². The Kier molecular flexibility index (Phi) is 4.42. The van der Waals surface area contributed by atoms with Crippen LogP contribution in [0.25, 0.3) is 11.8 Å². The van der Waals surface area contributed by atoms with Gasteiger partial charge in [-0.15, -0.1) is 0 Å². The molecule has 0 spiro atoms. The van der Waals surface area contributed by atoms with Crippen LogP contribution in [0.1, 0.15) is 63.1 Å². The summed E-state index contributed by atoms with van der Waals surface area (Å²) in [5.41, 5.74) is 4.71. The highest BCUT2D eigenvalue weighted by molar-refractivity contribution is 5.61. The number of benzene rings is 1. The van der Waals surface area contributed by atoms with E-state index >= 15 is 0 Å². The van der Waals surface area contributed by atoms with Gasteiger partial charge in [0.1, 0.15) is 5.82 Å². The third kappa shape index (κ3) is 3.12. The number of hydrogen-bond acceptors (Lipinski definition) is 2. The number of fused-ring (bicyclic) bond motifs is 2. The largest absolute Gasteiger partial charge is 0.393 e. The van der Waals surface area contributed by atoms with Gasteiger partial charge in [-0.2, -0.15) is 5.10 Å². The van der Waals surface area contributed by atoms with Crippen LogP contribution in [0.4, 0.5) is 4.39 Å². The van der Waals surface area contributed by atoms with Gasteiger partial charge in [-0.25, -0.2) is 9.07 Å². The number of nitrogens with zero attached hydrogens (tertiary/aromatic N) is 2. The number of allylic oxidation sites excluding steroid dienone is 1. The normalized spacial score (nSPS) is 27.7. The molecule has 3 aliphatic carbocycles. The summed E-state index contributed by atoms with van der Waals surface area (Å²) in [6.07, 6.45) is 13.2. The van der Waals surface area contributed by atoms with Gasteiger partial charge in [-0.1, -0.05) is 25.3 Å². The zero-order chi connectivity index (χ0) is 19.3. The topological polar surface area (TPSA) is 38.0 Å². The predicted octanol–water partition coefficient (Wildman–Crippen LogP) is 5.31. The first-order valence-electron chi connectivity index (χ1n) is 10.8. The summed E-state index contributed by atoms with van der Waals surface area (Å²) in [6.45, 7) is 2.35. The molecule has 28 heavy (non-hydrogen) atoms. The third-order valence-corrected chi connectivity index (χ3v) is 7.37. The number of aliphatic hydroxyl groups excluding tert-OH is 1. The molecule has 148 valence electrons. The van der Waals surface area contributed by atoms with Crippen molar-refractivity contribution in [2.45, 2.75) is 64.4 Å². The van der Waals surface area contributed by atoms with Crippen LogP contribution < -0.4 is 0 Å². The van der Waals surface area contributed by atoms with Crippen molar-refractivity contribution in [3.8, 4) is 5.69 Å². The molecule has 3 aliphatic rings. The first-order valence-corrected chi connectivity index (χ1v) is 10.8. The molecule has 2 aromatic rings. The molecule has 0 bridgehead atoms. The number of aliphatic hydroxyl groups is 1. The van der Waals surface area contributed by atoms with Crippen molar-refractivity contribution in [2.75, 3.05) is 0 Å². The molecule has 1 aromatic heterocycles. The molecule has 2 fully saturated rings. The minimum atomic E-state index is -0.231. The molecule has 0 aliphatic heterocycles. The lowest BCUT2D eigenvalue weighted by Crippen LogP contribution is -2.43. The molecule has 2 saturated carbocycles. The maximum atomic E-state index is 13.3. The van der Waals surface area contributed by atoms with E-state index in [2.05, 4.69) is 18.1 Å². The molecule has 0 amide bonds. The minimum Gasteiger partial charge on any atom is -0.393 e. The van der Waals surface area contributed by atoms with E-state index in [0.717, 1.165) is 49.4 Å². The Morgan fingerprint density at radius 3 is 2.79 bits per heavy atom. The van der Waals surface area contributed by atoms with Gasteiger partial charge in [0.2, 0.25) is 0 Å². The van der Waals surface area contributed by atoms with Crippen molar-refractivity contribution in [3.05, 3.63) is 53.1 Å². The van der Waals surface area contributed by atoms with Crippen LogP contribution in [0.15, 0.2) is 36.0 Å². The van der Waals surface area contributed by atoms with Gasteiger partial charge in [0.25, 0.3) is 0 Å². The first kappa shape index (κ1) is 18.1. The van der Waals surface area contributed by atoms with Crippen molar-refractivity contribution >= 4 is 6.08 Å². The molecule has 1 aromatic carbocycles. The highest BCUT2D eigenvalue weighted by Gasteiger charge is 2.46. The second-order valence-corrected chi connectivity index (χ2v) is 9.29. The molecular weight excluding hydrogens is 351 g/mol. The Labute approximate surface area is 166 Å². The Bertz CT molecular complexity index is 896. The number of halogens is 1. The highest BCUT2D eigenvalue weighted by atomic mass is 19.1. The summed E-state index contributed by atoms with van der Waals surface area (Å²) in [5.74, 6) is 0.965. The SMILES string of the molecule is C[C@]12Cc3cnn(-c4ccc(F)cc4)c3C=C1CCCC2C(O)CCC1CC1. The summed E-state index contributed by atoms with van der Waals surface area (Å²) in [6, 6.07) is 6.52. The average molecular weight is 381 g/mol. The number of aromatic nitrogens is 2. The Hall–Kier alpha value is -1.94. The van der Waals surface area contributed by atoms with Crippen molar-refractivity contribution in [2.24, 2.45) is 17.3 Å². The second-order valence-electron chi connectivity index (χ2n) is 9.29. The summed E-state index contributed by atoms with van der Waals surface area (Å²) in [7, 11) is 0. The summed E-state index contributed by atoms with van der Waals surface area (Å²) in [5, 5.41) is 15.6. The fourth-order valence-electron chi connectivity index (χ4n) is 5.50. The molecule has 2 unspecified atom stereocenters. The van der Waals surface area contributed by atoms with E-state index in [0.29, 0.717) is 5.92 Å². The fraction of sp³-hybridized carbons (Fsp3) is 0.542. The van der Waals surface area contributed by atoms with Crippen molar-refractivity contribution in [1.82, 2.24) is 9.78 Å². The monoisotopic (exact) mass is 380 g/mol. The Morgan fingerprint density at radius 1 is 1.25 bits per heavy atom. The number of hydrogen-bond donors (Lipinski definition) is 1. The lowest BCUT2D eigenvalue weighted by atomic mass is 9.58. The van der Waals surface area contributed by atoms with E-state index in [9.17, 15) is 9.50 Å². The van der Waals surface area contributed by atoms with Gasteiger partial charge in [0, 0.05) is 0 Å². The van der Waals surface area contributed by atoms with Crippen LogP contribution >= 0.6 is 0 Å². The molecule has 1 heterocycles. The van der Waals surface area contributed by atoms with E-state index in [1.165, 1.54) is 42.5 Å². The minimum absolute atomic E-state index is 0.0187. The fourth-order valence-corrected chi connectivity index (χ4v) is 5.50. The molecular formula is C24H29FN2O. The van der Waals surface area contributed by atoms with E-state index in [4.69, 9.17) is 0 Å². The zero-order valence-electron chi connectivity index (χ0n) is 16.6. The maximum absolute atomic E-state index is 13.3. The van der Waals surface area contributed by atoms with Crippen LogP contribution in [0.3, 0.4) is 0 Å². The van der Waals surface area contributed by atoms with Gasteiger partial charge in [0.05, 0.1) is 23.7 Å². The summed E-state index contributed by atoms with van der Waals surface area (Å²) in [4.78, 5) is 0. The van der Waals surface area contributed by atoms with Crippen molar-refractivity contribution < 1.29 is 9.50 Å². The molecule has 3 atom stereocenters. The lowest BCUT2D eigenvalue weighted by molar-refractivity contribution is 0.0158. The molecule has 5 rings (SSSR count). The summed E-state index contributed by atoms with van der Waals surface area (Å²) >= 11 is 0. The number of rotatable bonds is 5. The highest BCUT2D eigenvalue weighted by Crippen LogP contribution is 2.53. The lowest BCUT2D eigenvalue weighted by Gasteiger charge is -2.47. The van der Waals surface area contributed by atoms with Crippen LogP contribution in [-0.4, -0.2) is 21.0 Å². The average Bonchev–Trinajstić information content (AvgIpc) is 3.44. The van der Waals surface area contributed by atoms with Crippen LogP contribution in [0.2, 0.25) is 0 Å². The van der Waals surface area contributed by atoms with E-state index in [1.54, 1.807) is 12.1 Å². The van der Waals surface area contributed by atoms with E-state index in [-0.39, 0.29) is 17.3 Å². The van der Waals surface area contributed by atoms with Gasteiger partial charge < -0.3 is 5.11 Å². The predicted molar refractivity (Wildman–Crippen MR) is 109 cm³/mol. The molecule has 0 saturated heterocycles. The quantitative estimate of drug-likeness (QED) is 0.763. The Balaban J connectivity index is 1.45. The Morgan fingerprint density at radius 2 is 2.04 bits per heavy atom. The van der Waals surface area contributed by atoms with Crippen LogP contribution in [-0.2, 0) is 6.42 Å². The molecule has 0 radical (unpaired) electrons. The molecule has 3 nitrogen and oxygen atoms in total. The third-order valence-electron chi connectivity index (χ3n) is 7.37. The zero-order valence-corrected chi connectivity index (χ0v) is 16.6. The first-order chi connectivity index (χ1) is 13.5. The standard InChI is InChI=1S/C24H29FN2O/c1-24-14-17-15-26-27(20-10-8-19(25)9-11-20)22(17)13-18(24)3-2-4-21(24)23(28)12-7-16-5-6-16/h8-11,13,15-16,21,23,28H,2-7,12,14H2,1H3/t21?,23?,24-/m0/s1. The van der Waals surface area contributed by atoms with Crippen molar-refractivity contribution in [1.29, 1.82) is 0 Å². The van der Waals surface area contributed by atoms with Gasteiger partial charge in [0.15, 0.2) is 0 Å². The van der Waals surface area contributed by atoms with Crippen molar-refractivity contribution in [3.63, 3.8) is 0 Å². The maximum Gasteiger partial charge on any atom is 0.123 e. The van der Waals surface area contributed by atoms with Gasteiger partial charge in [-0.3, -0.25) is 0 Å². The smallest absolute Gasteiger partial charge is 0.123 e. The van der Waals surface area contributed by atoms with Gasteiger partial charge in [-0.05, 0) is 91.7 Å². The van der Waals surface area contributed by atoms with E-state index < -0.39 is 0 Å². The molecule has 4 heteroatoms. The molecule has 1 N–H and O–H groups in total. The van der Waals surface area contributed by atoms with Crippen LogP contribution in [0.5, 0.6) is 0 Å². The van der Waals surface area contributed by atoms with E-state index in [1.807, 2.05) is 10.9 Å². The summed E-state index contributed by atoms with van der Waals surface area (Å²) < 4.78 is 15.2. The van der Waals surface area contributed by atoms with Gasteiger partial charge >= 0.3 is 0 Å².